The molecule has 2 aliphatic rings. The van der Waals surface area contributed by atoms with Gasteiger partial charge in [0.25, 0.3) is 0 Å². The molecule has 28 nitrogen and oxygen atoms in total. The fraction of sp³-hybridized carbons (Fsp3) is 0.525. The van der Waals surface area contributed by atoms with Crippen LogP contribution in [0.5, 0.6) is 5.75 Å². The number of nitrogens with zero attached hydrogens (tertiary/aromatic N) is 3. The number of likely N-dealkylation sites (tertiary alicyclic amines) is 1. The number of fused-ring (bicyclic) bond motifs is 1. The fourth-order valence-electron chi connectivity index (χ4n) is 10.5. The predicted molar refractivity (Wildman–Crippen MR) is 320 cm³/mol. The molecule has 6 rings (SSSR count). The Bertz CT molecular complexity index is 3050. The van der Waals surface area contributed by atoms with Gasteiger partial charge in [-0.1, -0.05) is 58.0 Å². The van der Waals surface area contributed by atoms with E-state index in [0.29, 0.717) is 41.6 Å². The summed E-state index contributed by atoms with van der Waals surface area (Å²) in [6, 6.07) is 1.58. The number of H-pyrrole nitrogens is 2. The molecule has 9 atom stereocenters. The zero-order valence-corrected chi connectivity index (χ0v) is 49.8. The van der Waals surface area contributed by atoms with Gasteiger partial charge in [-0.3, -0.25) is 52.9 Å². The number of phenols is 1. The highest BCUT2D eigenvalue weighted by Gasteiger charge is 2.40. The third kappa shape index (κ3) is 20.0. The quantitative estimate of drug-likeness (QED) is 0.0151. The van der Waals surface area contributed by atoms with Crippen molar-refractivity contribution in [3.8, 4) is 5.75 Å². The van der Waals surface area contributed by atoms with E-state index in [1.165, 1.54) is 41.7 Å². The Balaban J connectivity index is 1.22. The van der Waals surface area contributed by atoms with Gasteiger partial charge in [0.15, 0.2) is 5.96 Å². The van der Waals surface area contributed by atoms with Crippen LogP contribution in [-0.4, -0.2) is 176 Å². The molecule has 2 aromatic carbocycles. The van der Waals surface area contributed by atoms with Gasteiger partial charge in [0.1, 0.15) is 60.1 Å². The Morgan fingerprint density at radius 2 is 1.28 bits per heavy atom. The first-order valence-electron chi connectivity index (χ1n) is 29.5. The molecule has 2 unspecified atom stereocenters. The first-order chi connectivity index (χ1) is 41.5. The molecular formula is C59H84N16O12. The summed E-state index contributed by atoms with van der Waals surface area (Å²) in [4.78, 5) is 155. The number of rotatable bonds is 32. The number of guanidine groups is 1. The second kappa shape index (κ2) is 32.4. The van der Waals surface area contributed by atoms with E-state index in [-0.39, 0.29) is 106 Å². The van der Waals surface area contributed by atoms with Crippen LogP contribution in [0.3, 0.4) is 0 Å². The number of carbonyl (C=O) groups is 10. The number of amides is 10. The number of aliphatic hydroxyl groups excluding tert-OH is 1. The van der Waals surface area contributed by atoms with E-state index in [1.54, 1.807) is 45.2 Å². The van der Waals surface area contributed by atoms with E-state index in [2.05, 4.69) is 67.8 Å². The molecule has 4 heterocycles. The molecule has 2 aromatic heterocycles. The molecule has 10 amide bonds. The number of aromatic hydroxyl groups is 1. The van der Waals surface area contributed by atoms with Crippen LogP contribution in [0.1, 0.15) is 103 Å². The van der Waals surface area contributed by atoms with Crippen LogP contribution in [0, 0.1) is 11.8 Å². The lowest BCUT2D eigenvalue weighted by molar-refractivity contribution is -0.142. The van der Waals surface area contributed by atoms with Gasteiger partial charge in [0, 0.05) is 74.3 Å². The maximum absolute atomic E-state index is 14.7. The van der Waals surface area contributed by atoms with E-state index >= 15 is 0 Å². The van der Waals surface area contributed by atoms with E-state index in [0.717, 1.165) is 5.52 Å². The van der Waals surface area contributed by atoms with Gasteiger partial charge in [-0.15, -0.1) is 0 Å². The lowest BCUT2D eigenvalue weighted by Gasteiger charge is -2.31. The normalized spacial score (nSPS) is 17.1. The number of aromatic amines is 2. The Kier molecular flexibility index (Phi) is 25.0. The minimum Gasteiger partial charge on any atom is -0.508 e. The van der Waals surface area contributed by atoms with Crippen LogP contribution >= 0.6 is 0 Å². The molecule has 0 saturated carbocycles. The first-order valence-corrected chi connectivity index (χ1v) is 29.5. The number of nitrogens with two attached hydrogens (primary N) is 2. The number of imidazole rings is 1. The number of hydrogen-bond donors (Lipinski definition) is 15. The molecule has 28 heteroatoms. The van der Waals surface area contributed by atoms with Crippen LogP contribution in [0.25, 0.3) is 10.9 Å². The molecule has 472 valence electrons. The largest absolute Gasteiger partial charge is 0.508 e. The number of phenolic OH excluding ortho intramolecular Hbond substituents is 1. The van der Waals surface area contributed by atoms with Crippen molar-refractivity contribution in [1.29, 1.82) is 0 Å². The number of carbonyl (C=O) groups excluding carboxylic acids is 10. The Morgan fingerprint density at radius 3 is 1.85 bits per heavy atom. The van der Waals surface area contributed by atoms with Crippen molar-refractivity contribution in [2.45, 2.75) is 160 Å². The maximum atomic E-state index is 14.7. The summed E-state index contributed by atoms with van der Waals surface area (Å²) in [5, 5.41) is 45.9. The summed E-state index contributed by atoms with van der Waals surface area (Å²) >= 11 is 0. The molecule has 0 aliphatic carbocycles. The number of likely N-dealkylation sites (N-methyl/N-ethyl adjacent to an activating group) is 1. The molecule has 2 aliphatic heterocycles. The van der Waals surface area contributed by atoms with Crippen molar-refractivity contribution in [3.63, 3.8) is 0 Å². The van der Waals surface area contributed by atoms with E-state index < -0.39 is 108 Å². The summed E-state index contributed by atoms with van der Waals surface area (Å²) < 4.78 is 0. The number of aliphatic imine (C=N–C) groups is 1. The fourth-order valence-corrected chi connectivity index (χ4v) is 10.5. The van der Waals surface area contributed by atoms with Gasteiger partial charge in [-0.2, -0.15) is 0 Å². The predicted octanol–water partition coefficient (Wildman–Crippen LogP) is -1.44. The summed E-state index contributed by atoms with van der Waals surface area (Å²) in [5.74, 6) is -7.55. The van der Waals surface area contributed by atoms with Gasteiger partial charge in [-0.25, -0.2) is 4.98 Å². The monoisotopic (exact) mass is 1210 g/mol. The van der Waals surface area contributed by atoms with Crippen LogP contribution < -0.4 is 59.3 Å². The number of benzene rings is 2. The lowest BCUT2D eigenvalue weighted by atomic mass is 9.98. The summed E-state index contributed by atoms with van der Waals surface area (Å²) in [5.41, 5.74) is 13.3. The molecule has 17 N–H and O–H groups in total. The number of aromatic nitrogens is 3. The molecule has 87 heavy (non-hydrogen) atoms. The second-order valence-corrected chi connectivity index (χ2v) is 22.8. The Morgan fingerprint density at radius 1 is 0.701 bits per heavy atom. The summed E-state index contributed by atoms with van der Waals surface area (Å²) in [6.07, 6.45) is 5.80. The lowest BCUT2D eigenvalue weighted by Crippen LogP contribution is -2.61. The zero-order chi connectivity index (χ0) is 63.3. The van der Waals surface area contributed by atoms with E-state index in [4.69, 9.17) is 11.5 Å². The van der Waals surface area contributed by atoms with E-state index in [9.17, 15) is 58.2 Å². The van der Waals surface area contributed by atoms with Gasteiger partial charge < -0.3 is 84.4 Å². The molecular weight excluding hydrogens is 1120 g/mol. The van der Waals surface area contributed by atoms with Gasteiger partial charge >= 0.3 is 0 Å². The van der Waals surface area contributed by atoms with Crippen LogP contribution in [0.15, 0.2) is 72.2 Å². The minimum atomic E-state index is -1.75. The van der Waals surface area contributed by atoms with Crippen molar-refractivity contribution >= 4 is 75.9 Å². The molecule has 2 fully saturated rings. The summed E-state index contributed by atoms with van der Waals surface area (Å²) in [7, 11) is 0. The first kappa shape index (κ1) is 67.1. The van der Waals surface area contributed by atoms with Gasteiger partial charge in [-0.05, 0) is 93.0 Å². The highest BCUT2D eigenvalue weighted by Crippen LogP contribution is 2.22. The number of para-hydroxylation sites is 1. The number of aliphatic hydroxyl groups is 1. The molecule has 4 aromatic rings. The Labute approximate surface area is 504 Å². The van der Waals surface area contributed by atoms with Crippen molar-refractivity contribution in [3.05, 3.63) is 84.1 Å². The van der Waals surface area contributed by atoms with Crippen LogP contribution in [0.4, 0.5) is 0 Å². The third-order valence-corrected chi connectivity index (χ3v) is 14.9. The highest BCUT2D eigenvalue weighted by molar-refractivity contribution is 5.99. The standard InChI is InChI=1S/C59H84N16O12/c1-6-63-57(86)48-14-10-22-75(48)58(87)41(13-9-21-64-59(60)61)68-51(80)42(23-32(2)3)69-52(81)43(24-33(4)5)70-53(82)44(25-34-15-17-37(77)18-16-34)71-56(85)47(30-76)74-54(83)45(26-35-28-65-39-12-8-7-11-38(35)39)72-55(84)46(27-36-29-62-31-66-36)73-50(79)40-19-20-49(78)67-40/h7-8,11-12,15-18,28-29,31-33,40-48,65,76-77H,6,9-10,13-14,19-27,30H2,1-5H3,(H,62,66)(H,63,86)(H,67,78)(H,68,80)(H,69,81)(H,70,82)(H,71,85)(H,72,84)(H,73,79)(H,74,83)(H4,60,61,64)/t40?,41?,42-,43+,44+,45+,46+,47+,48+/m1/s1. The SMILES string of the molecule is CCNC(=O)[C@@H]1CCCN1C(=O)C(CCCN=C(N)N)NC(=O)[C@@H](CC(C)C)NC(=O)[C@H](CC(C)C)NC(=O)[C@H](Cc1ccc(O)cc1)NC(=O)[C@H](CO)NC(=O)[C@H](Cc1c[nH]c2ccccc12)NC(=O)[C@H](Cc1cnc[nH]1)NC(=O)C1CCC(=O)N1. The van der Waals surface area contributed by atoms with Crippen LogP contribution in [0.2, 0.25) is 0 Å². The molecule has 0 spiro atoms. The second-order valence-electron chi connectivity index (χ2n) is 22.8. The smallest absolute Gasteiger partial charge is 0.245 e. The van der Waals surface area contributed by atoms with Crippen molar-refractivity contribution in [2.75, 3.05) is 26.2 Å². The highest BCUT2D eigenvalue weighted by atomic mass is 16.3. The Hall–Kier alpha value is -9.08. The topological polar surface area (TPSA) is 432 Å². The van der Waals surface area contributed by atoms with Crippen molar-refractivity contribution in [2.24, 2.45) is 28.3 Å². The number of hydrogen-bond acceptors (Lipinski definition) is 14. The zero-order valence-electron chi connectivity index (χ0n) is 49.8. The summed E-state index contributed by atoms with van der Waals surface area (Å²) in [6.45, 7) is 8.82. The molecule has 0 radical (unpaired) electrons. The number of nitrogens with one attached hydrogen (secondary N) is 11. The van der Waals surface area contributed by atoms with Gasteiger partial charge in [0.05, 0.1) is 12.9 Å². The molecule has 0 bridgehead atoms. The third-order valence-electron chi connectivity index (χ3n) is 14.9. The average molecular weight is 1210 g/mol. The van der Waals surface area contributed by atoms with Crippen molar-refractivity contribution < 1.29 is 58.2 Å². The minimum absolute atomic E-state index is 0.0397. The van der Waals surface area contributed by atoms with Crippen LogP contribution in [-0.2, 0) is 67.2 Å². The average Bonchev–Trinajstić information content (AvgIpc) is 2.39. The van der Waals surface area contributed by atoms with Crippen molar-refractivity contribution in [1.82, 2.24) is 67.7 Å². The van der Waals surface area contributed by atoms with E-state index in [1.807, 2.05) is 19.9 Å². The van der Waals surface area contributed by atoms with Gasteiger partial charge in [0.2, 0.25) is 59.1 Å². The molecule has 2 saturated heterocycles. The maximum Gasteiger partial charge on any atom is 0.245 e.